The maximum absolute atomic E-state index is 12.6. The van der Waals surface area contributed by atoms with Crippen molar-refractivity contribution in [1.29, 1.82) is 0 Å². The third-order valence-electron chi connectivity index (χ3n) is 4.59. The Morgan fingerprint density at radius 1 is 1.07 bits per heavy atom. The summed E-state index contributed by atoms with van der Waals surface area (Å²) in [5.74, 6) is -0.0531. The molecule has 1 N–H and O–H groups in total. The summed E-state index contributed by atoms with van der Waals surface area (Å²) in [6, 6.07) is 15.5. The van der Waals surface area contributed by atoms with E-state index in [0.29, 0.717) is 15.7 Å². The van der Waals surface area contributed by atoms with E-state index in [0.717, 1.165) is 22.4 Å². The van der Waals surface area contributed by atoms with Crippen LogP contribution in [0.3, 0.4) is 0 Å². The fraction of sp³-hybridized carbons (Fsp3) is 0.238. The highest BCUT2D eigenvalue weighted by Crippen LogP contribution is 2.27. The molecule has 3 nitrogen and oxygen atoms in total. The number of aromatic nitrogens is 1. The third-order valence-corrected chi connectivity index (χ3v) is 5.85. The van der Waals surface area contributed by atoms with Crippen molar-refractivity contribution >= 4 is 40.4 Å². The molecule has 6 heteroatoms. The highest BCUT2D eigenvalue weighted by atomic mass is 35.5. The summed E-state index contributed by atoms with van der Waals surface area (Å²) < 4.78 is 0. The van der Waals surface area contributed by atoms with Gasteiger partial charge in [-0.2, -0.15) is 0 Å². The molecule has 0 bridgehead atoms. The van der Waals surface area contributed by atoms with Gasteiger partial charge in [-0.1, -0.05) is 47.5 Å². The van der Waals surface area contributed by atoms with Gasteiger partial charge < -0.3 is 5.32 Å². The molecule has 0 aliphatic heterocycles. The molecule has 2 aromatic carbocycles. The molecule has 0 spiro atoms. The van der Waals surface area contributed by atoms with E-state index in [1.165, 1.54) is 11.3 Å². The van der Waals surface area contributed by atoms with E-state index >= 15 is 0 Å². The molecule has 0 radical (unpaired) electrons. The molecule has 0 aliphatic carbocycles. The molecule has 0 saturated carbocycles. The minimum Gasteiger partial charge on any atom is -0.348 e. The third kappa shape index (κ3) is 5.10. The van der Waals surface area contributed by atoms with Crippen molar-refractivity contribution in [3.63, 3.8) is 0 Å². The maximum atomic E-state index is 12.6. The lowest BCUT2D eigenvalue weighted by Gasteiger charge is -2.26. The summed E-state index contributed by atoms with van der Waals surface area (Å²) >= 11 is 13.5. The Hall–Kier alpha value is -1.88. The quantitative estimate of drug-likeness (QED) is 0.540. The molecule has 1 aromatic heterocycles. The average Bonchev–Trinajstić information content (AvgIpc) is 3.08. The van der Waals surface area contributed by atoms with Gasteiger partial charge in [-0.3, -0.25) is 4.79 Å². The van der Waals surface area contributed by atoms with Crippen LogP contribution in [-0.2, 0) is 6.42 Å². The van der Waals surface area contributed by atoms with Gasteiger partial charge in [0, 0.05) is 26.9 Å². The number of benzene rings is 2. The van der Waals surface area contributed by atoms with E-state index in [1.807, 2.05) is 62.4 Å². The zero-order chi connectivity index (χ0) is 19.4. The van der Waals surface area contributed by atoms with Crippen LogP contribution >= 0.6 is 34.5 Å². The van der Waals surface area contributed by atoms with E-state index < -0.39 is 0 Å². The molecule has 1 amide bonds. The Morgan fingerprint density at radius 2 is 1.67 bits per heavy atom. The standard InChI is InChI=1S/C21H20Cl2N2OS/c1-13(25-21(26)20-14(2)27-12-24-20)19(16-5-9-18(23)10-6-16)11-15-3-7-17(22)8-4-15/h3-10,12-13,19H,11H2,1-2H3,(H,25,26)/t13-,19+/m1/s1. The molecular weight excluding hydrogens is 399 g/mol. The molecular formula is C21H20Cl2N2OS. The van der Waals surface area contributed by atoms with Crippen LogP contribution in [0.25, 0.3) is 0 Å². The lowest BCUT2D eigenvalue weighted by atomic mass is 9.86. The van der Waals surface area contributed by atoms with Crippen LogP contribution in [0.2, 0.25) is 10.0 Å². The van der Waals surface area contributed by atoms with Gasteiger partial charge in [0.1, 0.15) is 5.69 Å². The zero-order valence-electron chi connectivity index (χ0n) is 15.1. The Bertz CT molecular complexity index is 907. The van der Waals surface area contributed by atoms with Crippen molar-refractivity contribution in [3.05, 3.63) is 85.8 Å². The number of amides is 1. The van der Waals surface area contributed by atoms with Gasteiger partial charge in [-0.05, 0) is 55.7 Å². The van der Waals surface area contributed by atoms with Crippen LogP contribution in [0.4, 0.5) is 0 Å². The molecule has 0 unspecified atom stereocenters. The number of thiazole rings is 1. The largest absolute Gasteiger partial charge is 0.348 e. The van der Waals surface area contributed by atoms with Crippen molar-refractivity contribution in [2.24, 2.45) is 0 Å². The molecule has 3 rings (SSSR count). The van der Waals surface area contributed by atoms with Gasteiger partial charge in [0.15, 0.2) is 0 Å². The number of carbonyl (C=O) groups excluding carboxylic acids is 1. The van der Waals surface area contributed by atoms with Gasteiger partial charge >= 0.3 is 0 Å². The second-order valence-corrected chi connectivity index (χ2v) is 8.44. The van der Waals surface area contributed by atoms with E-state index in [4.69, 9.17) is 23.2 Å². The Labute approximate surface area is 173 Å². The second kappa shape index (κ2) is 8.87. The van der Waals surface area contributed by atoms with Crippen molar-refractivity contribution in [1.82, 2.24) is 10.3 Å². The topological polar surface area (TPSA) is 42.0 Å². The molecule has 1 heterocycles. The van der Waals surface area contributed by atoms with Gasteiger partial charge in [-0.25, -0.2) is 4.98 Å². The molecule has 27 heavy (non-hydrogen) atoms. The monoisotopic (exact) mass is 418 g/mol. The Balaban J connectivity index is 1.83. The predicted molar refractivity (Wildman–Crippen MR) is 113 cm³/mol. The smallest absolute Gasteiger partial charge is 0.271 e. The Kier molecular flexibility index (Phi) is 6.53. The Morgan fingerprint density at radius 3 is 2.22 bits per heavy atom. The fourth-order valence-corrected chi connectivity index (χ4v) is 3.89. The minimum atomic E-state index is -0.142. The van der Waals surface area contributed by atoms with E-state index in [-0.39, 0.29) is 17.9 Å². The van der Waals surface area contributed by atoms with Crippen LogP contribution in [-0.4, -0.2) is 16.9 Å². The van der Waals surface area contributed by atoms with Gasteiger partial charge in [0.2, 0.25) is 0 Å². The highest BCUT2D eigenvalue weighted by Gasteiger charge is 2.23. The van der Waals surface area contributed by atoms with Crippen LogP contribution in [0.1, 0.15) is 39.3 Å². The first-order chi connectivity index (χ1) is 12.9. The number of nitrogens with zero attached hydrogens (tertiary/aromatic N) is 1. The number of rotatable bonds is 6. The zero-order valence-corrected chi connectivity index (χ0v) is 17.4. The predicted octanol–water partition coefficient (Wildman–Crippen LogP) is 5.90. The van der Waals surface area contributed by atoms with Crippen LogP contribution in [0.15, 0.2) is 54.0 Å². The fourth-order valence-electron chi connectivity index (χ4n) is 3.07. The molecule has 0 fully saturated rings. The number of carbonyl (C=O) groups is 1. The van der Waals surface area contributed by atoms with Gasteiger partial charge in [-0.15, -0.1) is 11.3 Å². The summed E-state index contributed by atoms with van der Waals surface area (Å²) in [5, 5.41) is 4.52. The summed E-state index contributed by atoms with van der Waals surface area (Å²) in [5.41, 5.74) is 4.47. The number of halogens is 2. The first kappa shape index (κ1) is 19.9. The van der Waals surface area contributed by atoms with Crippen LogP contribution < -0.4 is 5.32 Å². The summed E-state index contributed by atoms with van der Waals surface area (Å²) in [7, 11) is 0. The maximum Gasteiger partial charge on any atom is 0.271 e. The molecule has 3 aromatic rings. The normalized spacial score (nSPS) is 13.2. The van der Waals surface area contributed by atoms with Gasteiger partial charge in [0.25, 0.3) is 5.91 Å². The number of aryl methyl sites for hydroxylation is 1. The summed E-state index contributed by atoms with van der Waals surface area (Å²) in [6.45, 7) is 3.93. The lowest BCUT2D eigenvalue weighted by Crippen LogP contribution is -2.38. The first-order valence-corrected chi connectivity index (χ1v) is 10.3. The van der Waals surface area contributed by atoms with Crippen LogP contribution in [0, 0.1) is 6.92 Å². The first-order valence-electron chi connectivity index (χ1n) is 8.65. The van der Waals surface area contributed by atoms with Crippen molar-refractivity contribution in [2.75, 3.05) is 0 Å². The van der Waals surface area contributed by atoms with Crippen molar-refractivity contribution in [3.8, 4) is 0 Å². The minimum absolute atomic E-state index is 0.0875. The number of hydrogen-bond acceptors (Lipinski definition) is 3. The highest BCUT2D eigenvalue weighted by molar-refractivity contribution is 7.09. The summed E-state index contributed by atoms with van der Waals surface area (Å²) in [6.07, 6.45) is 0.774. The lowest BCUT2D eigenvalue weighted by molar-refractivity contribution is 0.0929. The SMILES string of the molecule is Cc1scnc1C(=O)N[C@H](C)[C@H](Cc1ccc(Cl)cc1)c1ccc(Cl)cc1. The van der Waals surface area contributed by atoms with Crippen molar-refractivity contribution < 1.29 is 4.79 Å². The van der Waals surface area contributed by atoms with Crippen molar-refractivity contribution in [2.45, 2.75) is 32.2 Å². The number of hydrogen-bond donors (Lipinski definition) is 1. The summed E-state index contributed by atoms with van der Waals surface area (Å²) in [4.78, 5) is 17.7. The van der Waals surface area contributed by atoms with E-state index in [2.05, 4.69) is 10.3 Å². The van der Waals surface area contributed by atoms with Crippen LogP contribution in [0.5, 0.6) is 0 Å². The van der Waals surface area contributed by atoms with E-state index in [1.54, 1.807) is 5.51 Å². The molecule has 2 atom stereocenters. The second-order valence-electron chi connectivity index (χ2n) is 6.51. The average molecular weight is 419 g/mol. The molecule has 140 valence electrons. The number of nitrogens with one attached hydrogen (secondary N) is 1. The molecule has 0 saturated heterocycles. The van der Waals surface area contributed by atoms with Gasteiger partial charge in [0.05, 0.1) is 5.51 Å². The van der Waals surface area contributed by atoms with E-state index in [9.17, 15) is 4.79 Å². The molecule has 0 aliphatic rings.